The number of rotatable bonds is 10. The number of ether oxygens (including phenoxy) is 1. The maximum Gasteiger partial charge on any atom is 0.247 e. The molecule has 2 aromatic heterocycles. The molecule has 0 aliphatic carbocycles. The van der Waals surface area contributed by atoms with Crippen LogP contribution in [-0.2, 0) is 4.79 Å². The van der Waals surface area contributed by atoms with Crippen molar-refractivity contribution in [1.82, 2.24) is 19.5 Å². The molecule has 4 rings (SSSR count). The van der Waals surface area contributed by atoms with Gasteiger partial charge in [-0.25, -0.2) is 19.3 Å². The van der Waals surface area contributed by atoms with Gasteiger partial charge < -0.3 is 29.9 Å². The number of halogens is 1. The summed E-state index contributed by atoms with van der Waals surface area (Å²) in [6.45, 7) is 9.69. The quantitative estimate of drug-likeness (QED) is 0.248. The molecule has 10 nitrogen and oxygen atoms in total. The van der Waals surface area contributed by atoms with Crippen LogP contribution >= 0.6 is 0 Å². The summed E-state index contributed by atoms with van der Waals surface area (Å²) in [6, 6.07) is 8.53. The number of methoxy groups -OCH3 is 1. The highest BCUT2D eigenvalue weighted by Crippen LogP contribution is 2.38. The Balaban J connectivity index is 1.75. The number of aliphatic hydroxyl groups excluding tert-OH is 1. The number of amides is 1. The highest BCUT2D eigenvalue weighted by molar-refractivity contribution is 6.02. The number of hydrogen-bond donors (Lipinski definition) is 3. The van der Waals surface area contributed by atoms with Crippen molar-refractivity contribution in [1.29, 1.82) is 0 Å². The highest BCUT2D eigenvalue weighted by atomic mass is 19.1. The van der Waals surface area contributed by atoms with Crippen LogP contribution < -0.4 is 20.3 Å². The Labute approximate surface area is 226 Å². The third kappa shape index (κ3) is 5.68. The number of likely N-dealkylation sites (N-methyl/N-ethyl adjacent to an activating group) is 1. The Hall–Kier alpha value is -4.51. The number of carbonyl (C=O) groups excluding carboxylic acids is 1. The third-order valence-electron chi connectivity index (χ3n) is 6.25. The lowest BCUT2D eigenvalue weighted by Gasteiger charge is -2.24. The highest BCUT2D eigenvalue weighted by Gasteiger charge is 2.18. The van der Waals surface area contributed by atoms with E-state index >= 15 is 4.39 Å². The summed E-state index contributed by atoms with van der Waals surface area (Å²) in [7, 11) is 3.31. The third-order valence-corrected chi connectivity index (χ3v) is 6.25. The summed E-state index contributed by atoms with van der Waals surface area (Å²) in [5.41, 5.74) is 3.71. The number of nitrogens with zero attached hydrogens (tertiary/aromatic N) is 5. The predicted octanol–water partition coefficient (Wildman–Crippen LogP) is 4.83. The van der Waals surface area contributed by atoms with Gasteiger partial charge in [-0.15, -0.1) is 0 Å². The number of aryl methyl sites for hydroxylation is 1. The van der Waals surface area contributed by atoms with Crippen molar-refractivity contribution >= 4 is 40.0 Å². The molecule has 0 unspecified atom stereocenters. The predicted molar refractivity (Wildman–Crippen MR) is 151 cm³/mol. The number of nitrogens with one attached hydrogen (secondary N) is 2. The molecule has 0 fully saturated rings. The number of benzene rings is 2. The minimum Gasteiger partial charge on any atom is -0.494 e. The van der Waals surface area contributed by atoms with Crippen LogP contribution in [0.5, 0.6) is 5.75 Å². The second-order valence-corrected chi connectivity index (χ2v) is 9.25. The first kappa shape index (κ1) is 27.5. The molecule has 0 radical (unpaired) electrons. The van der Waals surface area contributed by atoms with Crippen LogP contribution in [0.25, 0.3) is 22.3 Å². The molecule has 1 amide bonds. The van der Waals surface area contributed by atoms with E-state index in [9.17, 15) is 9.90 Å². The summed E-state index contributed by atoms with van der Waals surface area (Å²) < 4.78 is 22.6. The number of aliphatic hydroxyl groups is 1. The van der Waals surface area contributed by atoms with Crippen molar-refractivity contribution in [3.05, 3.63) is 60.8 Å². The lowest BCUT2D eigenvalue weighted by molar-refractivity contribution is -0.111. The first-order chi connectivity index (χ1) is 18.7. The Morgan fingerprint density at radius 2 is 2.03 bits per heavy atom. The Morgan fingerprint density at radius 3 is 2.69 bits per heavy atom. The maximum absolute atomic E-state index is 15.1. The van der Waals surface area contributed by atoms with E-state index in [1.54, 1.807) is 36.3 Å². The van der Waals surface area contributed by atoms with Crippen molar-refractivity contribution in [2.24, 2.45) is 0 Å². The molecule has 39 heavy (non-hydrogen) atoms. The number of fused-ring (bicyclic) bond motifs is 1. The monoisotopic (exact) mass is 533 g/mol. The van der Waals surface area contributed by atoms with E-state index in [1.165, 1.54) is 19.3 Å². The summed E-state index contributed by atoms with van der Waals surface area (Å²) in [4.78, 5) is 27.3. The van der Waals surface area contributed by atoms with Gasteiger partial charge in [-0.3, -0.25) is 4.79 Å². The van der Waals surface area contributed by atoms with E-state index in [0.717, 1.165) is 5.82 Å². The van der Waals surface area contributed by atoms with E-state index in [4.69, 9.17) is 4.74 Å². The Kier molecular flexibility index (Phi) is 8.10. The molecule has 11 heteroatoms. The maximum atomic E-state index is 15.1. The van der Waals surface area contributed by atoms with Gasteiger partial charge in [-0.2, -0.15) is 0 Å². The second-order valence-electron chi connectivity index (χ2n) is 9.25. The molecular weight excluding hydrogens is 501 g/mol. The van der Waals surface area contributed by atoms with Gasteiger partial charge in [0.05, 0.1) is 42.0 Å². The molecule has 0 saturated heterocycles. The number of imidazole rings is 1. The topological polar surface area (TPSA) is 117 Å². The average molecular weight is 534 g/mol. The SMILES string of the molecule is C=CC(=O)Nc1cc(Nc2nccc(-c3cc(F)c4nc(C)n(C(C)C)c4c3)n2)c(OC)cc1N(C)CCO. The zero-order valence-electron chi connectivity index (χ0n) is 22.6. The molecule has 2 aromatic carbocycles. The van der Waals surface area contributed by atoms with Crippen LogP contribution in [0, 0.1) is 12.7 Å². The smallest absolute Gasteiger partial charge is 0.247 e. The van der Waals surface area contributed by atoms with Crippen LogP contribution in [0.15, 0.2) is 49.2 Å². The van der Waals surface area contributed by atoms with Crippen LogP contribution in [0.2, 0.25) is 0 Å². The van der Waals surface area contributed by atoms with Gasteiger partial charge in [-0.05, 0) is 51.1 Å². The number of carbonyl (C=O) groups is 1. The minimum absolute atomic E-state index is 0.0712. The van der Waals surface area contributed by atoms with Crippen LogP contribution in [0.3, 0.4) is 0 Å². The zero-order chi connectivity index (χ0) is 28.3. The van der Waals surface area contributed by atoms with Crippen LogP contribution in [0.4, 0.5) is 27.4 Å². The Morgan fingerprint density at radius 1 is 1.26 bits per heavy atom. The molecule has 0 aliphatic heterocycles. The summed E-state index contributed by atoms with van der Waals surface area (Å²) in [5.74, 6) is 0.628. The van der Waals surface area contributed by atoms with Crippen molar-refractivity contribution < 1.29 is 19.0 Å². The normalized spacial score (nSPS) is 11.1. The molecule has 4 aromatic rings. The van der Waals surface area contributed by atoms with E-state index in [1.807, 2.05) is 31.4 Å². The lowest BCUT2D eigenvalue weighted by atomic mass is 10.1. The molecule has 0 aliphatic rings. The number of anilines is 4. The standard InChI is InChI=1S/C28H32FN7O3/c1-7-26(38)32-21-14-22(25(39-6)15-23(21)35(5)10-11-37)34-28-30-9-8-20(33-28)18-12-19(29)27-24(13-18)36(16(2)3)17(4)31-27/h7-9,12-16,37H,1,10-11H2,2-6H3,(H,32,38)(H,30,33,34). The van der Waals surface area contributed by atoms with Crippen molar-refractivity contribution in [3.8, 4) is 17.0 Å². The van der Waals surface area contributed by atoms with E-state index in [0.29, 0.717) is 51.6 Å². The average Bonchev–Trinajstić information content (AvgIpc) is 3.25. The lowest BCUT2D eigenvalue weighted by Crippen LogP contribution is -2.23. The first-order valence-electron chi connectivity index (χ1n) is 12.4. The largest absolute Gasteiger partial charge is 0.494 e. The fraction of sp³-hybridized carbons (Fsp3) is 0.286. The molecular formula is C28H32FN7O3. The number of hydrogen-bond acceptors (Lipinski definition) is 8. The van der Waals surface area contributed by atoms with Gasteiger partial charge in [0, 0.05) is 37.5 Å². The van der Waals surface area contributed by atoms with E-state index < -0.39 is 11.7 Å². The van der Waals surface area contributed by atoms with E-state index in [2.05, 4.69) is 32.2 Å². The van der Waals surface area contributed by atoms with Crippen LogP contribution in [0.1, 0.15) is 25.7 Å². The minimum atomic E-state index is -0.426. The van der Waals surface area contributed by atoms with E-state index in [-0.39, 0.29) is 18.6 Å². The molecule has 3 N–H and O–H groups in total. The molecule has 2 heterocycles. The fourth-order valence-electron chi connectivity index (χ4n) is 4.47. The molecule has 0 spiro atoms. The first-order valence-corrected chi connectivity index (χ1v) is 12.4. The van der Waals surface area contributed by atoms with Gasteiger partial charge in [-0.1, -0.05) is 6.58 Å². The summed E-state index contributed by atoms with van der Waals surface area (Å²) in [6.07, 6.45) is 2.75. The zero-order valence-corrected chi connectivity index (χ0v) is 22.6. The van der Waals surface area contributed by atoms with Gasteiger partial charge in [0.25, 0.3) is 0 Å². The summed E-state index contributed by atoms with van der Waals surface area (Å²) in [5, 5.41) is 15.3. The van der Waals surface area contributed by atoms with Crippen LogP contribution in [-0.4, -0.2) is 57.8 Å². The molecule has 0 saturated carbocycles. The fourth-order valence-corrected chi connectivity index (χ4v) is 4.47. The second kappa shape index (κ2) is 11.5. The van der Waals surface area contributed by atoms with Gasteiger partial charge >= 0.3 is 0 Å². The molecule has 0 bridgehead atoms. The van der Waals surface area contributed by atoms with Crippen molar-refractivity contribution in [2.45, 2.75) is 26.8 Å². The molecule has 0 atom stereocenters. The van der Waals surface area contributed by atoms with Gasteiger partial charge in [0.2, 0.25) is 11.9 Å². The summed E-state index contributed by atoms with van der Waals surface area (Å²) >= 11 is 0. The van der Waals surface area contributed by atoms with Crippen molar-refractivity contribution in [3.63, 3.8) is 0 Å². The number of aromatic nitrogens is 4. The molecule has 204 valence electrons. The van der Waals surface area contributed by atoms with Gasteiger partial charge in [0.1, 0.15) is 17.1 Å². The van der Waals surface area contributed by atoms with Crippen molar-refractivity contribution in [2.75, 3.05) is 42.8 Å². The Bertz CT molecular complexity index is 1530. The van der Waals surface area contributed by atoms with Gasteiger partial charge in [0.15, 0.2) is 5.82 Å².